The van der Waals surface area contributed by atoms with Gasteiger partial charge in [0.1, 0.15) is 12.6 Å². The number of amides is 1. The normalized spacial score (nSPS) is 15.0. The number of carbonyl (C=O) groups excluding carboxylic acids is 1. The second kappa shape index (κ2) is 7.63. The van der Waals surface area contributed by atoms with Crippen molar-refractivity contribution < 1.29 is 9.69 Å². The minimum absolute atomic E-state index is 0.0264. The lowest BCUT2D eigenvalue weighted by molar-refractivity contribution is -0.860. The maximum Gasteiger partial charge on any atom is 0.251 e. The van der Waals surface area contributed by atoms with Crippen molar-refractivity contribution in [2.75, 3.05) is 20.6 Å². The van der Waals surface area contributed by atoms with Crippen molar-refractivity contribution >= 4 is 5.91 Å². The predicted octanol–water partition coefficient (Wildman–Crippen LogP) is 2.18. The first-order chi connectivity index (χ1) is 11.6. The summed E-state index contributed by atoms with van der Waals surface area (Å²) in [5.74, 6) is 0.0264. The van der Waals surface area contributed by atoms with E-state index in [1.165, 1.54) is 28.9 Å². The number of fused-ring (bicyclic) bond motifs is 1. The Kier molecular flexibility index (Phi) is 5.31. The number of nitrogens with one attached hydrogen (secondary N) is 2. The summed E-state index contributed by atoms with van der Waals surface area (Å²) in [6.07, 6.45) is 4.74. The van der Waals surface area contributed by atoms with E-state index in [4.69, 9.17) is 0 Å². The fraction of sp³-hybridized carbons (Fsp3) is 0.381. The van der Waals surface area contributed by atoms with Crippen LogP contribution in [0.5, 0.6) is 0 Å². The molecule has 126 valence electrons. The van der Waals surface area contributed by atoms with Gasteiger partial charge in [-0.25, -0.2) is 0 Å². The third-order valence-corrected chi connectivity index (χ3v) is 4.73. The first-order valence-corrected chi connectivity index (χ1v) is 8.90. The van der Waals surface area contributed by atoms with Gasteiger partial charge in [-0.1, -0.05) is 36.4 Å². The standard InChI is InChI=1S/C21H26N2O/c1-23(2)15-20(17-9-4-3-5-10-17)22-21(24)19-13-12-16-8-6-7-11-18(16)14-19/h3-5,9-10,12-14,20H,6-8,11,15H2,1-2H3,(H,22,24)/p+1/t20-/m1/s1. The van der Waals surface area contributed by atoms with E-state index in [9.17, 15) is 4.79 Å². The molecule has 0 fully saturated rings. The van der Waals surface area contributed by atoms with E-state index in [0.717, 1.165) is 30.5 Å². The zero-order chi connectivity index (χ0) is 16.9. The Morgan fingerprint density at radius 2 is 1.75 bits per heavy atom. The maximum atomic E-state index is 12.8. The Bertz CT molecular complexity index is 694. The summed E-state index contributed by atoms with van der Waals surface area (Å²) in [7, 11) is 4.22. The summed E-state index contributed by atoms with van der Waals surface area (Å²) >= 11 is 0. The Morgan fingerprint density at radius 1 is 1.04 bits per heavy atom. The van der Waals surface area contributed by atoms with Gasteiger partial charge in [-0.15, -0.1) is 0 Å². The summed E-state index contributed by atoms with van der Waals surface area (Å²) in [6, 6.07) is 16.5. The quantitative estimate of drug-likeness (QED) is 0.869. The zero-order valence-electron chi connectivity index (χ0n) is 14.6. The van der Waals surface area contributed by atoms with Crippen molar-refractivity contribution in [3.05, 3.63) is 70.8 Å². The van der Waals surface area contributed by atoms with Crippen molar-refractivity contribution in [2.45, 2.75) is 31.7 Å². The molecule has 2 N–H and O–H groups in total. The molecule has 3 rings (SSSR count). The van der Waals surface area contributed by atoms with Crippen LogP contribution in [0.25, 0.3) is 0 Å². The molecule has 2 aromatic carbocycles. The van der Waals surface area contributed by atoms with Gasteiger partial charge in [-0.3, -0.25) is 4.79 Å². The van der Waals surface area contributed by atoms with E-state index in [2.05, 4.69) is 43.7 Å². The second-order valence-electron chi connectivity index (χ2n) is 7.04. The van der Waals surface area contributed by atoms with Crippen LogP contribution >= 0.6 is 0 Å². The van der Waals surface area contributed by atoms with Crippen LogP contribution in [0.3, 0.4) is 0 Å². The molecule has 0 radical (unpaired) electrons. The van der Waals surface area contributed by atoms with Crippen LogP contribution in [0.4, 0.5) is 0 Å². The molecule has 0 bridgehead atoms. The Morgan fingerprint density at radius 3 is 2.46 bits per heavy atom. The maximum absolute atomic E-state index is 12.8. The molecule has 2 aromatic rings. The number of aryl methyl sites for hydroxylation is 2. The van der Waals surface area contributed by atoms with E-state index in [0.29, 0.717) is 0 Å². The molecule has 0 saturated carbocycles. The average molecular weight is 323 g/mol. The first kappa shape index (κ1) is 16.7. The van der Waals surface area contributed by atoms with Crippen molar-refractivity contribution in [1.29, 1.82) is 0 Å². The molecule has 1 atom stereocenters. The lowest BCUT2D eigenvalue weighted by Gasteiger charge is -2.22. The number of likely N-dealkylation sites (N-methyl/N-ethyl adjacent to an activating group) is 1. The summed E-state index contributed by atoms with van der Waals surface area (Å²) in [4.78, 5) is 14.1. The highest BCUT2D eigenvalue weighted by atomic mass is 16.1. The molecule has 0 saturated heterocycles. The molecule has 1 aliphatic rings. The fourth-order valence-corrected chi connectivity index (χ4v) is 3.46. The number of hydrogen-bond acceptors (Lipinski definition) is 1. The fourth-order valence-electron chi connectivity index (χ4n) is 3.46. The summed E-state index contributed by atoms with van der Waals surface area (Å²) in [5.41, 5.74) is 4.70. The molecular formula is C21H27N2O+. The Labute approximate surface area is 144 Å². The van der Waals surface area contributed by atoms with Crippen LogP contribution in [0.1, 0.15) is 45.9 Å². The van der Waals surface area contributed by atoms with E-state index >= 15 is 0 Å². The SMILES string of the molecule is C[NH+](C)C[C@@H](NC(=O)c1ccc2c(c1)CCCC2)c1ccccc1. The lowest BCUT2D eigenvalue weighted by atomic mass is 9.90. The summed E-state index contributed by atoms with van der Waals surface area (Å²) in [6.45, 7) is 0.862. The molecule has 3 heteroatoms. The summed E-state index contributed by atoms with van der Waals surface area (Å²) < 4.78 is 0. The van der Waals surface area contributed by atoms with Crippen LogP contribution < -0.4 is 10.2 Å². The van der Waals surface area contributed by atoms with Gasteiger partial charge in [-0.2, -0.15) is 0 Å². The molecule has 3 nitrogen and oxygen atoms in total. The zero-order valence-corrected chi connectivity index (χ0v) is 14.6. The number of benzene rings is 2. The summed E-state index contributed by atoms with van der Waals surface area (Å²) in [5, 5.41) is 3.23. The van der Waals surface area contributed by atoms with E-state index in [1.54, 1.807) is 0 Å². The number of rotatable bonds is 5. The van der Waals surface area contributed by atoms with Gasteiger partial charge in [0.25, 0.3) is 5.91 Å². The van der Waals surface area contributed by atoms with Crippen LogP contribution in [0.2, 0.25) is 0 Å². The highest BCUT2D eigenvalue weighted by Gasteiger charge is 2.19. The van der Waals surface area contributed by atoms with Gasteiger partial charge in [0.05, 0.1) is 14.1 Å². The third-order valence-electron chi connectivity index (χ3n) is 4.73. The van der Waals surface area contributed by atoms with Crippen LogP contribution in [-0.4, -0.2) is 26.5 Å². The van der Waals surface area contributed by atoms with Crippen LogP contribution in [-0.2, 0) is 12.8 Å². The van der Waals surface area contributed by atoms with Crippen LogP contribution in [0.15, 0.2) is 48.5 Å². The first-order valence-electron chi connectivity index (χ1n) is 8.90. The Balaban J connectivity index is 1.78. The van der Waals surface area contributed by atoms with Crippen LogP contribution in [0, 0.1) is 0 Å². The Hall–Kier alpha value is -2.13. The smallest absolute Gasteiger partial charge is 0.251 e. The number of carbonyl (C=O) groups is 1. The number of hydrogen-bond donors (Lipinski definition) is 2. The molecule has 0 aromatic heterocycles. The number of quaternary nitrogens is 1. The van der Waals surface area contributed by atoms with E-state index < -0.39 is 0 Å². The molecule has 1 aliphatic carbocycles. The van der Waals surface area contributed by atoms with Gasteiger partial charge >= 0.3 is 0 Å². The third kappa shape index (κ3) is 4.04. The highest BCUT2D eigenvalue weighted by molar-refractivity contribution is 5.94. The van der Waals surface area contributed by atoms with Gasteiger partial charge in [-0.05, 0) is 54.5 Å². The van der Waals surface area contributed by atoms with Gasteiger partial charge in [0.15, 0.2) is 0 Å². The molecule has 0 spiro atoms. The molecule has 0 unspecified atom stereocenters. The monoisotopic (exact) mass is 323 g/mol. The molecule has 1 amide bonds. The second-order valence-corrected chi connectivity index (χ2v) is 7.04. The van der Waals surface area contributed by atoms with Gasteiger partial charge < -0.3 is 10.2 Å². The molecule has 0 heterocycles. The van der Waals surface area contributed by atoms with Gasteiger partial charge in [0, 0.05) is 5.56 Å². The predicted molar refractivity (Wildman–Crippen MR) is 97.4 cm³/mol. The van der Waals surface area contributed by atoms with Gasteiger partial charge in [0.2, 0.25) is 0 Å². The largest absolute Gasteiger partial charge is 0.340 e. The van der Waals surface area contributed by atoms with E-state index in [-0.39, 0.29) is 11.9 Å². The van der Waals surface area contributed by atoms with Crippen molar-refractivity contribution in [3.63, 3.8) is 0 Å². The molecule has 24 heavy (non-hydrogen) atoms. The molecule has 0 aliphatic heterocycles. The molecular weight excluding hydrogens is 296 g/mol. The van der Waals surface area contributed by atoms with Crippen molar-refractivity contribution in [2.24, 2.45) is 0 Å². The average Bonchev–Trinajstić information content (AvgIpc) is 2.61. The van der Waals surface area contributed by atoms with Crippen molar-refractivity contribution in [3.8, 4) is 0 Å². The minimum Gasteiger partial charge on any atom is -0.340 e. The lowest BCUT2D eigenvalue weighted by Crippen LogP contribution is -3.06. The van der Waals surface area contributed by atoms with E-state index in [1.807, 2.05) is 24.3 Å². The topological polar surface area (TPSA) is 33.5 Å². The highest BCUT2D eigenvalue weighted by Crippen LogP contribution is 2.22. The van der Waals surface area contributed by atoms with Crippen molar-refractivity contribution in [1.82, 2.24) is 5.32 Å². The minimum atomic E-state index is 0.0264.